The number of nitrogens with one attached hydrogen (secondary N) is 1. The summed E-state index contributed by atoms with van der Waals surface area (Å²) >= 11 is 0. The lowest BCUT2D eigenvalue weighted by atomic mass is 10.1. The maximum absolute atomic E-state index is 11.8. The molecular formula is C7H13F3N2. The van der Waals surface area contributed by atoms with Crippen molar-refractivity contribution in [2.45, 2.75) is 18.6 Å². The number of nitrogens with zero attached hydrogens (tertiary/aromatic N) is 1. The first kappa shape index (κ1) is 9.80. The molecule has 1 N–H and O–H groups in total. The molecule has 1 fully saturated rings. The third-order valence-corrected chi connectivity index (χ3v) is 2.13. The highest BCUT2D eigenvalue weighted by molar-refractivity contribution is 4.82. The minimum atomic E-state index is -4.02. The van der Waals surface area contributed by atoms with Crippen molar-refractivity contribution in [1.29, 1.82) is 0 Å². The van der Waals surface area contributed by atoms with E-state index in [0.717, 1.165) is 13.1 Å². The molecular weight excluding hydrogens is 169 g/mol. The predicted molar refractivity (Wildman–Crippen MR) is 40.0 cm³/mol. The van der Waals surface area contributed by atoms with Gasteiger partial charge in [-0.3, -0.25) is 0 Å². The summed E-state index contributed by atoms with van der Waals surface area (Å²) in [6.45, 7) is 1.73. The van der Waals surface area contributed by atoms with Gasteiger partial charge in [0.15, 0.2) is 0 Å². The molecule has 0 spiro atoms. The third kappa shape index (κ3) is 2.98. The average molecular weight is 182 g/mol. The number of likely N-dealkylation sites (N-methyl/N-ethyl adjacent to an activating group) is 1. The molecule has 1 heterocycles. The summed E-state index contributed by atoms with van der Waals surface area (Å²) in [6, 6.07) is 0.298. The van der Waals surface area contributed by atoms with Crippen molar-refractivity contribution in [3.8, 4) is 0 Å². The van der Waals surface area contributed by atoms with E-state index in [-0.39, 0.29) is 6.54 Å². The maximum Gasteiger partial charge on any atom is 0.390 e. The SMILES string of the molecule is CN(CCC(F)(F)F)C1CNC1. The first-order valence-electron chi connectivity index (χ1n) is 3.97. The van der Waals surface area contributed by atoms with Crippen LogP contribution in [-0.2, 0) is 0 Å². The zero-order valence-corrected chi connectivity index (χ0v) is 6.99. The van der Waals surface area contributed by atoms with Gasteiger partial charge in [0, 0.05) is 25.7 Å². The van der Waals surface area contributed by atoms with E-state index in [4.69, 9.17) is 0 Å². The van der Waals surface area contributed by atoms with E-state index in [2.05, 4.69) is 5.32 Å². The van der Waals surface area contributed by atoms with Crippen LogP contribution in [0.25, 0.3) is 0 Å². The molecule has 1 aliphatic heterocycles. The van der Waals surface area contributed by atoms with E-state index in [1.54, 1.807) is 11.9 Å². The van der Waals surface area contributed by atoms with Crippen LogP contribution in [0.3, 0.4) is 0 Å². The Balaban J connectivity index is 2.13. The number of hydrogen-bond donors (Lipinski definition) is 1. The maximum atomic E-state index is 11.8. The van der Waals surface area contributed by atoms with Crippen LogP contribution in [0.4, 0.5) is 13.2 Å². The normalized spacial score (nSPS) is 19.8. The number of rotatable bonds is 3. The monoisotopic (exact) mass is 182 g/mol. The molecule has 0 amide bonds. The van der Waals surface area contributed by atoms with Gasteiger partial charge in [-0.2, -0.15) is 13.2 Å². The van der Waals surface area contributed by atoms with Crippen LogP contribution in [-0.4, -0.2) is 43.8 Å². The summed E-state index contributed by atoms with van der Waals surface area (Å²) in [5, 5.41) is 3.02. The Hall–Kier alpha value is -0.290. The molecule has 12 heavy (non-hydrogen) atoms. The highest BCUT2D eigenvalue weighted by atomic mass is 19.4. The van der Waals surface area contributed by atoms with Crippen LogP contribution in [0.1, 0.15) is 6.42 Å². The molecule has 0 unspecified atom stereocenters. The fraction of sp³-hybridized carbons (Fsp3) is 1.00. The lowest BCUT2D eigenvalue weighted by molar-refractivity contribution is -0.138. The standard InChI is InChI=1S/C7H13F3N2/c1-12(6-4-11-5-6)3-2-7(8,9)10/h6,11H,2-5H2,1H3. The number of hydrogen-bond acceptors (Lipinski definition) is 2. The van der Waals surface area contributed by atoms with E-state index >= 15 is 0 Å². The fourth-order valence-corrected chi connectivity index (χ4v) is 1.07. The fourth-order valence-electron chi connectivity index (χ4n) is 1.07. The zero-order chi connectivity index (χ0) is 9.19. The van der Waals surface area contributed by atoms with E-state index in [1.807, 2.05) is 0 Å². The van der Waals surface area contributed by atoms with Gasteiger partial charge in [-0.25, -0.2) is 0 Å². The van der Waals surface area contributed by atoms with E-state index in [9.17, 15) is 13.2 Å². The quantitative estimate of drug-likeness (QED) is 0.695. The van der Waals surface area contributed by atoms with Crippen LogP contribution in [0, 0.1) is 0 Å². The molecule has 0 aromatic rings. The van der Waals surface area contributed by atoms with Gasteiger partial charge in [0.2, 0.25) is 0 Å². The zero-order valence-electron chi connectivity index (χ0n) is 6.99. The van der Waals surface area contributed by atoms with Crippen LogP contribution < -0.4 is 5.32 Å². The highest BCUT2D eigenvalue weighted by Gasteiger charge is 2.29. The molecule has 0 saturated carbocycles. The first-order chi connectivity index (χ1) is 5.49. The van der Waals surface area contributed by atoms with Crippen molar-refractivity contribution in [3.63, 3.8) is 0 Å². The first-order valence-corrected chi connectivity index (χ1v) is 3.97. The Kier molecular flexibility index (Phi) is 2.95. The Morgan fingerprint density at radius 1 is 1.42 bits per heavy atom. The summed E-state index contributed by atoms with van der Waals surface area (Å²) in [4.78, 5) is 1.75. The molecule has 5 heteroatoms. The smallest absolute Gasteiger partial charge is 0.314 e. The van der Waals surface area contributed by atoms with Gasteiger partial charge in [-0.05, 0) is 7.05 Å². The van der Waals surface area contributed by atoms with E-state index < -0.39 is 12.6 Å². The minimum Gasteiger partial charge on any atom is -0.314 e. The second-order valence-electron chi connectivity index (χ2n) is 3.16. The lowest BCUT2D eigenvalue weighted by Crippen LogP contribution is -2.56. The van der Waals surface area contributed by atoms with Crippen LogP contribution in [0.15, 0.2) is 0 Å². The van der Waals surface area contributed by atoms with Gasteiger partial charge >= 0.3 is 6.18 Å². The Bertz CT molecular complexity index is 142. The van der Waals surface area contributed by atoms with Crippen molar-refractivity contribution >= 4 is 0 Å². The van der Waals surface area contributed by atoms with Crippen molar-refractivity contribution < 1.29 is 13.2 Å². The second kappa shape index (κ2) is 3.62. The summed E-state index contributed by atoms with van der Waals surface area (Å²) in [5.41, 5.74) is 0. The lowest BCUT2D eigenvalue weighted by Gasteiger charge is -2.35. The van der Waals surface area contributed by atoms with Crippen LogP contribution in [0.5, 0.6) is 0 Å². The van der Waals surface area contributed by atoms with Gasteiger partial charge in [-0.15, -0.1) is 0 Å². The predicted octanol–water partition coefficient (Wildman–Crippen LogP) is 0.842. The summed E-state index contributed by atoms with van der Waals surface area (Å²) in [6.07, 6.45) is -4.73. The van der Waals surface area contributed by atoms with Crippen molar-refractivity contribution in [2.75, 3.05) is 26.7 Å². The summed E-state index contributed by atoms with van der Waals surface area (Å²) in [5.74, 6) is 0. The van der Waals surface area contributed by atoms with E-state index in [0.29, 0.717) is 6.04 Å². The van der Waals surface area contributed by atoms with Gasteiger partial charge in [0.05, 0.1) is 6.42 Å². The van der Waals surface area contributed by atoms with Crippen molar-refractivity contribution in [1.82, 2.24) is 10.2 Å². The van der Waals surface area contributed by atoms with Crippen molar-refractivity contribution in [2.24, 2.45) is 0 Å². The molecule has 1 saturated heterocycles. The molecule has 0 aromatic carbocycles. The molecule has 1 aliphatic rings. The molecule has 0 bridgehead atoms. The Labute approximate surface area is 69.7 Å². The molecule has 0 atom stereocenters. The van der Waals surface area contributed by atoms with Gasteiger partial charge in [0.1, 0.15) is 0 Å². The molecule has 72 valence electrons. The second-order valence-corrected chi connectivity index (χ2v) is 3.16. The molecule has 0 radical (unpaired) electrons. The van der Waals surface area contributed by atoms with Crippen LogP contribution in [0.2, 0.25) is 0 Å². The topological polar surface area (TPSA) is 15.3 Å². The Morgan fingerprint density at radius 2 is 2.00 bits per heavy atom. The number of alkyl halides is 3. The molecule has 2 nitrogen and oxygen atoms in total. The average Bonchev–Trinajstić information content (AvgIpc) is 1.78. The molecule has 0 aliphatic carbocycles. The minimum absolute atomic E-state index is 0.107. The summed E-state index contributed by atoms with van der Waals surface area (Å²) < 4.78 is 35.3. The van der Waals surface area contributed by atoms with Gasteiger partial charge in [0.25, 0.3) is 0 Å². The summed E-state index contributed by atoms with van der Waals surface area (Å²) in [7, 11) is 1.73. The Morgan fingerprint density at radius 3 is 2.33 bits per heavy atom. The van der Waals surface area contributed by atoms with Gasteiger partial charge < -0.3 is 10.2 Å². The molecule has 1 rings (SSSR count). The van der Waals surface area contributed by atoms with Crippen LogP contribution >= 0.6 is 0 Å². The van der Waals surface area contributed by atoms with E-state index in [1.165, 1.54) is 0 Å². The molecule has 0 aromatic heterocycles. The highest BCUT2D eigenvalue weighted by Crippen LogP contribution is 2.20. The van der Waals surface area contributed by atoms with Gasteiger partial charge in [-0.1, -0.05) is 0 Å². The third-order valence-electron chi connectivity index (χ3n) is 2.13. The van der Waals surface area contributed by atoms with Crippen molar-refractivity contribution in [3.05, 3.63) is 0 Å². The number of halogens is 3. The largest absolute Gasteiger partial charge is 0.390 e.